The number of halogens is 1. The van der Waals surface area contributed by atoms with Crippen LogP contribution in [0.4, 0.5) is 0 Å². The molecule has 0 N–H and O–H groups in total. The predicted molar refractivity (Wildman–Crippen MR) is 99.4 cm³/mol. The van der Waals surface area contributed by atoms with Crippen molar-refractivity contribution in [1.82, 2.24) is 4.90 Å². The molecular weight excluding hydrogens is 360 g/mol. The highest BCUT2D eigenvalue weighted by Gasteiger charge is 2.40. The average Bonchev–Trinajstić information content (AvgIpc) is 2.59. The van der Waals surface area contributed by atoms with Crippen LogP contribution in [0.5, 0.6) is 0 Å². The molecule has 25 heavy (non-hydrogen) atoms. The summed E-state index contributed by atoms with van der Waals surface area (Å²) in [6.07, 6.45) is 1.91. The molecule has 132 valence electrons. The third kappa shape index (κ3) is 3.75. The monoisotopic (exact) mass is 378 g/mol. The molecule has 2 heterocycles. The zero-order valence-corrected chi connectivity index (χ0v) is 15.6. The number of thioether (sulfide) groups is 1. The lowest BCUT2D eigenvalue weighted by atomic mass is 9.96. The number of hydrogen-bond donors (Lipinski definition) is 0. The fraction of sp³-hybridized carbons (Fsp3) is 0.389. The van der Waals surface area contributed by atoms with Crippen LogP contribution in [0.3, 0.4) is 0 Å². The van der Waals surface area contributed by atoms with Gasteiger partial charge >= 0.3 is 5.97 Å². The van der Waals surface area contributed by atoms with Gasteiger partial charge in [0.05, 0.1) is 18.2 Å². The molecule has 1 atom stereocenters. The summed E-state index contributed by atoms with van der Waals surface area (Å²) >= 11 is 7.87. The van der Waals surface area contributed by atoms with Crippen molar-refractivity contribution in [1.29, 1.82) is 0 Å². The van der Waals surface area contributed by atoms with Crippen LogP contribution in [0.2, 0.25) is 5.02 Å². The van der Waals surface area contributed by atoms with Crippen LogP contribution >= 0.6 is 23.4 Å². The van der Waals surface area contributed by atoms with Gasteiger partial charge in [-0.2, -0.15) is 0 Å². The van der Waals surface area contributed by atoms with Gasteiger partial charge in [-0.3, -0.25) is 9.69 Å². The van der Waals surface area contributed by atoms with Crippen LogP contribution in [0, 0.1) is 5.92 Å². The normalized spacial score (nSPS) is 20.1. The Kier molecular flexibility index (Phi) is 5.49. The van der Waals surface area contributed by atoms with E-state index in [1.807, 2.05) is 32.0 Å². The van der Waals surface area contributed by atoms with E-state index in [0.717, 1.165) is 0 Å². The molecule has 0 unspecified atom stereocenters. The molecule has 1 amide bonds. The Bertz CT molecular complexity index is 760. The van der Waals surface area contributed by atoms with Gasteiger partial charge < -0.3 is 4.74 Å². The fourth-order valence-electron chi connectivity index (χ4n) is 2.71. The topological polar surface area (TPSA) is 59.0 Å². The van der Waals surface area contributed by atoms with E-state index in [1.165, 1.54) is 18.0 Å². The van der Waals surface area contributed by atoms with Crippen molar-refractivity contribution >= 4 is 40.4 Å². The van der Waals surface area contributed by atoms with Crippen LogP contribution in [0.25, 0.3) is 0 Å². The molecule has 2 aliphatic heterocycles. The minimum Gasteiger partial charge on any atom is -0.462 e. The van der Waals surface area contributed by atoms with E-state index < -0.39 is 12.0 Å². The van der Waals surface area contributed by atoms with Crippen molar-refractivity contribution in [2.24, 2.45) is 10.9 Å². The lowest BCUT2D eigenvalue weighted by molar-refractivity contribution is -0.141. The van der Waals surface area contributed by atoms with Crippen molar-refractivity contribution in [3.8, 4) is 0 Å². The third-order valence-electron chi connectivity index (χ3n) is 3.87. The van der Waals surface area contributed by atoms with Crippen molar-refractivity contribution in [2.75, 3.05) is 12.4 Å². The van der Waals surface area contributed by atoms with E-state index in [1.54, 1.807) is 11.0 Å². The molecule has 0 aromatic heterocycles. The van der Waals surface area contributed by atoms with Gasteiger partial charge in [0.25, 0.3) is 0 Å². The summed E-state index contributed by atoms with van der Waals surface area (Å²) in [6, 6.07) is 6.62. The Morgan fingerprint density at radius 2 is 2.20 bits per heavy atom. The van der Waals surface area contributed by atoms with Gasteiger partial charge in [0.2, 0.25) is 5.91 Å². The molecule has 1 saturated heterocycles. The maximum Gasteiger partial charge on any atom is 0.338 e. The Morgan fingerprint density at radius 3 is 2.92 bits per heavy atom. The van der Waals surface area contributed by atoms with Gasteiger partial charge in [-0.25, -0.2) is 9.79 Å². The van der Waals surface area contributed by atoms with Crippen molar-refractivity contribution in [3.63, 3.8) is 0 Å². The molecule has 0 aliphatic carbocycles. The Morgan fingerprint density at radius 1 is 1.44 bits per heavy atom. The van der Waals surface area contributed by atoms with Gasteiger partial charge in [-0.15, -0.1) is 0 Å². The van der Waals surface area contributed by atoms with Gasteiger partial charge in [0.15, 0.2) is 5.17 Å². The lowest BCUT2D eigenvalue weighted by Gasteiger charge is -2.38. The summed E-state index contributed by atoms with van der Waals surface area (Å²) in [6.45, 7) is 4.24. The van der Waals surface area contributed by atoms with Crippen LogP contribution < -0.4 is 0 Å². The van der Waals surface area contributed by atoms with E-state index in [9.17, 15) is 9.59 Å². The van der Waals surface area contributed by atoms with Crippen LogP contribution in [-0.4, -0.2) is 34.3 Å². The number of rotatable bonds is 4. The summed E-state index contributed by atoms with van der Waals surface area (Å²) in [4.78, 5) is 31.1. The number of carbonyl (C=O) groups excluding carboxylic acids is 2. The van der Waals surface area contributed by atoms with Crippen LogP contribution in [0.15, 0.2) is 41.0 Å². The van der Waals surface area contributed by atoms with E-state index in [4.69, 9.17) is 16.3 Å². The molecular formula is C18H19ClN2O3S. The van der Waals surface area contributed by atoms with Gasteiger partial charge in [-0.05, 0) is 17.5 Å². The van der Waals surface area contributed by atoms with Crippen molar-refractivity contribution in [3.05, 3.63) is 46.6 Å². The minimum absolute atomic E-state index is 0.0651. The first kappa shape index (κ1) is 18.0. The van der Waals surface area contributed by atoms with Gasteiger partial charge in [0, 0.05) is 23.4 Å². The summed E-state index contributed by atoms with van der Waals surface area (Å²) < 4.78 is 5.39. The molecule has 0 radical (unpaired) electrons. The van der Waals surface area contributed by atoms with Crippen molar-refractivity contribution in [2.45, 2.75) is 26.3 Å². The minimum atomic E-state index is -0.610. The number of carbonyl (C=O) groups is 2. The Labute approximate surface area is 156 Å². The number of aliphatic imine (C=N–C) groups is 1. The summed E-state index contributed by atoms with van der Waals surface area (Å²) in [5, 5.41) is 1.10. The highest BCUT2D eigenvalue weighted by Crippen LogP contribution is 2.40. The largest absolute Gasteiger partial charge is 0.462 e. The molecule has 3 rings (SSSR count). The second-order valence-corrected chi connectivity index (χ2v) is 7.74. The first-order chi connectivity index (χ1) is 12.0. The van der Waals surface area contributed by atoms with Crippen LogP contribution in [-0.2, 0) is 14.3 Å². The maximum atomic E-state index is 12.6. The lowest BCUT2D eigenvalue weighted by Crippen LogP contribution is -2.45. The Balaban J connectivity index is 2.02. The standard InChI is InChI=1S/C18H19ClN2O3S/c1-11(2)10-24-17(23)13-9-20-18-21(15(22)7-8-25-18)16(13)12-5-3-4-6-14(12)19/h3-6,9,11,16H,7-8,10H2,1-2H3/t16-/m0/s1. The summed E-state index contributed by atoms with van der Waals surface area (Å²) in [7, 11) is 0. The molecule has 0 spiro atoms. The van der Waals surface area contributed by atoms with Crippen LogP contribution in [0.1, 0.15) is 31.9 Å². The zero-order valence-electron chi connectivity index (χ0n) is 14.1. The smallest absolute Gasteiger partial charge is 0.338 e. The first-order valence-electron chi connectivity index (χ1n) is 8.13. The van der Waals surface area contributed by atoms with E-state index in [-0.39, 0.29) is 11.8 Å². The highest BCUT2D eigenvalue weighted by atomic mass is 35.5. The number of ether oxygens (including phenoxy) is 1. The number of fused-ring (bicyclic) bond motifs is 1. The summed E-state index contributed by atoms with van der Waals surface area (Å²) in [5.41, 5.74) is 1.02. The maximum absolute atomic E-state index is 12.6. The van der Waals surface area contributed by atoms with E-state index >= 15 is 0 Å². The predicted octanol–water partition coefficient (Wildman–Crippen LogP) is 3.80. The Hall–Kier alpha value is -1.79. The molecule has 2 aliphatic rings. The molecule has 0 bridgehead atoms. The fourth-order valence-corrected chi connectivity index (χ4v) is 3.88. The molecule has 1 aromatic carbocycles. The molecule has 1 fully saturated rings. The SMILES string of the molecule is CC(C)COC(=O)C1=CN=C2SCCC(=O)N2[C@H]1c1ccccc1Cl. The number of amides is 1. The van der Waals surface area contributed by atoms with E-state index in [0.29, 0.717) is 40.1 Å². The number of nitrogens with zero attached hydrogens (tertiary/aromatic N) is 2. The number of amidine groups is 1. The van der Waals surface area contributed by atoms with Gasteiger partial charge in [-0.1, -0.05) is 55.4 Å². The number of benzene rings is 1. The molecule has 0 saturated carbocycles. The molecule has 7 heteroatoms. The summed E-state index contributed by atoms with van der Waals surface area (Å²) in [5.74, 6) is 0.373. The number of hydrogen-bond acceptors (Lipinski definition) is 5. The number of esters is 1. The van der Waals surface area contributed by atoms with Gasteiger partial charge in [0.1, 0.15) is 0 Å². The third-order valence-corrected chi connectivity index (χ3v) is 5.18. The molecule has 1 aromatic rings. The highest BCUT2D eigenvalue weighted by molar-refractivity contribution is 8.14. The zero-order chi connectivity index (χ0) is 18.0. The quantitative estimate of drug-likeness (QED) is 0.748. The molecule has 5 nitrogen and oxygen atoms in total. The average molecular weight is 379 g/mol. The second kappa shape index (κ2) is 7.62. The first-order valence-corrected chi connectivity index (χ1v) is 9.49. The van der Waals surface area contributed by atoms with E-state index in [2.05, 4.69) is 4.99 Å². The second-order valence-electron chi connectivity index (χ2n) is 6.27. The van der Waals surface area contributed by atoms with Crippen molar-refractivity contribution < 1.29 is 14.3 Å².